The molecule has 0 spiro atoms. The first kappa shape index (κ1) is 47.9. The minimum Gasteiger partial charge on any atom is -0.462 e. The minimum absolute atomic E-state index is 0.0884. The summed E-state index contributed by atoms with van der Waals surface area (Å²) < 4.78 is 16.6. The Hall–Kier alpha value is -2.11. The summed E-state index contributed by atoms with van der Waals surface area (Å²) in [5.74, 6) is -0.962. The first-order valence-electron chi connectivity index (χ1n) is 21.3. The van der Waals surface area contributed by atoms with Crippen molar-refractivity contribution in [2.75, 3.05) is 13.2 Å². The van der Waals surface area contributed by atoms with E-state index in [-0.39, 0.29) is 37.5 Å². The van der Waals surface area contributed by atoms with E-state index in [0.29, 0.717) is 19.3 Å². The SMILES string of the molecule is CCCCCC/C=C\CCCC(=O)OCC(COC(=O)CCCCCCCCCCCCCCCC)OC(=O)CCC/C=C\CCCCCC. The van der Waals surface area contributed by atoms with Gasteiger partial charge in [-0.2, -0.15) is 0 Å². The van der Waals surface area contributed by atoms with Crippen LogP contribution in [0.3, 0.4) is 0 Å². The summed E-state index contributed by atoms with van der Waals surface area (Å²) in [6, 6.07) is 0. The van der Waals surface area contributed by atoms with Gasteiger partial charge in [-0.15, -0.1) is 0 Å². The highest BCUT2D eigenvalue weighted by Crippen LogP contribution is 2.14. The van der Waals surface area contributed by atoms with Gasteiger partial charge in [-0.05, 0) is 57.8 Å². The lowest BCUT2D eigenvalue weighted by Gasteiger charge is -2.18. The Balaban J connectivity index is 4.35. The Kier molecular flexibility index (Phi) is 38.0. The second-order valence-electron chi connectivity index (χ2n) is 14.3. The maximum absolute atomic E-state index is 12.6. The number of carbonyl (C=O) groups is 3. The fourth-order valence-electron chi connectivity index (χ4n) is 5.92. The van der Waals surface area contributed by atoms with Crippen LogP contribution in [0.25, 0.3) is 0 Å². The van der Waals surface area contributed by atoms with Crippen molar-refractivity contribution < 1.29 is 28.6 Å². The molecule has 1 unspecified atom stereocenters. The summed E-state index contributed by atoms with van der Waals surface area (Å²) in [5.41, 5.74) is 0. The van der Waals surface area contributed by atoms with Crippen molar-refractivity contribution in [3.8, 4) is 0 Å². The van der Waals surface area contributed by atoms with Crippen molar-refractivity contribution in [1.82, 2.24) is 0 Å². The van der Waals surface area contributed by atoms with Crippen LogP contribution in [-0.4, -0.2) is 37.2 Å². The Bertz CT molecular complexity index is 819. The van der Waals surface area contributed by atoms with E-state index in [9.17, 15) is 14.4 Å². The molecule has 0 aromatic rings. The molecule has 0 radical (unpaired) electrons. The van der Waals surface area contributed by atoms with Gasteiger partial charge in [-0.1, -0.05) is 167 Å². The minimum atomic E-state index is -0.788. The van der Waals surface area contributed by atoms with E-state index in [4.69, 9.17) is 14.2 Å². The van der Waals surface area contributed by atoms with E-state index in [2.05, 4.69) is 45.1 Å². The van der Waals surface area contributed by atoms with E-state index in [0.717, 1.165) is 51.4 Å². The van der Waals surface area contributed by atoms with E-state index in [1.165, 1.54) is 122 Å². The summed E-state index contributed by atoms with van der Waals surface area (Å²) in [7, 11) is 0. The summed E-state index contributed by atoms with van der Waals surface area (Å²) in [6.45, 7) is 6.51. The molecule has 0 N–H and O–H groups in total. The Morgan fingerprint density at radius 1 is 0.380 bits per heavy atom. The lowest BCUT2D eigenvalue weighted by Crippen LogP contribution is -2.30. The van der Waals surface area contributed by atoms with E-state index in [1.54, 1.807) is 0 Å². The van der Waals surface area contributed by atoms with Crippen LogP contribution in [0.1, 0.15) is 220 Å². The molecule has 0 heterocycles. The Morgan fingerprint density at radius 2 is 0.680 bits per heavy atom. The van der Waals surface area contributed by atoms with E-state index < -0.39 is 6.10 Å². The zero-order chi connectivity index (χ0) is 36.6. The number of esters is 3. The van der Waals surface area contributed by atoms with Crippen molar-refractivity contribution in [2.24, 2.45) is 0 Å². The van der Waals surface area contributed by atoms with Gasteiger partial charge in [0.25, 0.3) is 0 Å². The van der Waals surface area contributed by atoms with Gasteiger partial charge in [0.2, 0.25) is 0 Å². The van der Waals surface area contributed by atoms with Crippen LogP contribution in [-0.2, 0) is 28.6 Å². The number of unbranched alkanes of at least 4 members (excludes halogenated alkanes) is 23. The Morgan fingerprint density at radius 3 is 1.08 bits per heavy atom. The summed E-state index contributed by atoms with van der Waals surface area (Å²) in [4.78, 5) is 37.4. The van der Waals surface area contributed by atoms with E-state index in [1.807, 2.05) is 0 Å². The zero-order valence-corrected chi connectivity index (χ0v) is 33.2. The smallest absolute Gasteiger partial charge is 0.306 e. The van der Waals surface area contributed by atoms with Crippen LogP contribution in [0.5, 0.6) is 0 Å². The quantitative estimate of drug-likeness (QED) is 0.0275. The molecule has 6 nitrogen and oxygen atoms in total. The molecule has 0 saturated heterocycles. The van der Waals surface area contributed by atoms with Crippen LogP contribution >= 0.6 is 0 Å². The predicted octanol–water partition coefficient (Wildman–Crippen LogP) is 13.2. The fourth-order valence-corrected chi connectivity index (χ4v) is 5.92. The van der Waals surface area contributed by atoms with E-state index >= 15 is 0 Å². The average Bonchev–Trinajstić information content (AvgIpc) is 3.11. The highest BCUT2D eigenvalue weighted by molar-refractivity contribution is 5.71. The molecule has 0 fully saturated rings. The molecule has 0 aliphatic carbocycles. The normalized spacial score (nSPS) is 12.1. The number of carbonyl (C=O) groups excluding carboxylic acids is 3. The van der Waals surface area contributed by atoms with Crippen LogP contribution < -0.4 is 0 Å². The standard InChI is InChI=1S/C44H80O6/c1-4-7-10-13-16-19-20-21-22-23-26-28-31-34-37-43(46)49-40-41(50-44(47)38-35-32-29-25-18-15-12-9-6-3)39-48-42(45)36-33-30-27-24-17-14-11-8-5-2/h24-25,27,29,41H,4-23,26,28,30-40H2,1-3H3/b27-24-,29-25-. The molecule has 6 heteroatoms. The maximum Gasteiger partial charge on any atom is 0.306 e. The largest absolute Gasteiger partial charge is 0.462 e. The molecule has 0 bridgehead atoms. The van der Waals surface area contributed by atoms with Crippen molar-refractivity contribution in [1.29, 1.82) is 0 Å². The van der Waals surface area contributed by atoms with Gasteiger partial charge in [0, 0.05) is 19.3 Å². The number of hydrogen-bond donors (Lipinski definition) is 0. The van der Waals surface area contributed by atoms with Gasteiger partial charge in [0.05, 0.1) is 0 Å². The summed E-state index contributed by atoms with van der Waals surface area (Å²) in [5, 5.41) is 0. The van der Waals surface area contributed by atoms with Gasteiger partial charge >= 0.3 is 17.9 Å². The molecule has 0 aromatic carbocycles. The van der Waals surface area contributed by atoms with Gasteiger partial charge in [0.15, 0.2) is 6.10 Å². The van der Waals surface area contributed by atoms with Crippen LogP contribution in [0.15, 0.2) is 24.3 Å². The third-order valence-electron chi connectivity index (χ3n) is 9.18. The van der Waals surface area contributed by atoms with Crippen LogP contribution in [0.2, 0.25) is 0 Å². The summed E-state index contributed by atoms with van der Waals surface area (Å²) in [6.07, 6.45) is 41.8. The molecule has 0 aliphatic heterocycles. The van der Waals surface area contributed by atoms with Gasteiger partial charge in [-0.25, -0.2) is 0 Å². The monoisotopic (exact) mass is 705 g/mol. The predicted molar refractivity (Wildman–Crippen MR) is 210 cm³/mol. The molecule has 0 amide bonds. The topological polar surface area (TPSA) is 78.9 Å². The molecular weight excluding hydrogens is 624 g/mol. The third kappa shape index (κ3) is 37.2. The molecule has 0 saturated carbocycles. The van der Waals surface area contributed by atoms with Crippen molar-refractivity contribution >= 4 is 17.9 Å². The van der Waals surface area contributed by atoms with Crippen LogP contribution in [0.4, 0.5) is 0 Å². The average molecular weight is 705 g/mol. The number of ether oxygens (including phenoxy) is 3. The zero-order valence-electron chi connectivity index (χ0n) is 33.2. The highest BCUT2D eigenvalue weighted by atomic mass is 16.6. The first-order chi connectivity index (χ1) is 24.5. The lowest BCUT2D eigenvalue weighted by molar-refractivity contribution is -0.167. The third-order valence-corrected chi connectivity index (χ3v) is 9.18. The maximum atomic E-state index is 12.6. The molecular formula is C44H80O6. The molecule has 0 rings (SSSR count). The van der Waals surface area contributed by atoms with Crippen molar-refractivity contribution in [3.63, 3.8) is 0 Å². The number of allylic oxidation sites excluding steroid dienone is 4. The second kappa shape index (κ2) is 39.7. The Labute approximate surface area is 309 Å². The van der Waals surface area contributed by atoms with Crippen molar-refractivity contribution in [2.45, 2.75) is 226 Å². The fraction of sp³-hybridized carbons (Fsp3) is 0.841. The molecule has 292 valence electrons. The second-order valence-corrected chi connectivity index (χ2v) is 14.3. The molecule has 50 heavy (non-hydrogen) atoms. The molecule has 0 aliphatic rings. The summed E-state index contributed by atoms with van der Waals surface area (Å²) >= 11 is 0. The number of hydrogen-bond acceptors (Lipinski definition) is 6. The highest BCUT2D eigenvalue weighted by Gasteiger charge is 2.19. The first-order valence-corrected chi connectivity index (χ1v) is 21.3. The van der Waals surface area contributed by atoms with Crippen LogP contribution in [0, 0.1) is 0 Å². The molecule has 1 atom stereocenters. The van der Waals surface area contributed by atoms with Gasteiger partial charge in [0.1, 0.15) is 13.2 Å². The number of rotatable bonds is 38. The van der Waals surface area contributed by atoms with Gasteiger partial charge in [-0.3, -0.25) is 14.4 Å². The molecule has 0 aromatic heterocycles. The van der Waals surface area contributed by atoms with Crippen molar-refractivity contribution in [3.05, 3.63) is 24.3 Å². The lowest BCUT2D eigenvalue weighted by atomic mass is 10.0. The van der Waals surface area contributed by atoms with Gasteiger partial charge < -0.3 is 14.2 Å².